The van der Waals surface area contributed by atoms with Crippen molar-refractivity contribution >= 4 is 28.8 Å². The smallest absolute Gasteiger partial charge is 0.233 e. The molecule has 3 aromatic rings. The molecule has 1 heterocycles. The van der Waals surface area contributed by atoms with Crippen LogP contribution in [0.5, 0.6) is 17.4 Å². The lowest BCUT2D eigenvalue weighted by Crippen LogP contribution is -2.22. The van der Waals surface area contributed by atoms with Crippen molar-refractivity contribution in [2.45, 2.75) is 26.3 Å². The highest BCUT2D eigenvalue weighted by Gasteiger charge is 2.23. The third-order valence-electron chi connectivity index (χ3n) is 5.12. The van der Waals surface area contributed by atoms with E-state index >= 15 is 0 Å². The number of hydrogen-bond donors (Lipinski definition) is 3. The maximum atomic E-state index is 11.6. The minimum absolute atomic E-state index is 0.0384. The van der Waals surface area contributed by atoms with Gasteiger partial charge in [0.1, 0.15) is 0 Å². The summed E-state index contributed by atoms with van der Waals surface area (Å²) >= 11 is 0. The van der Waals surface area contributed by atoms with Gasteiger partial charge in [0.2, 0.25) is 18.2 Å². The second kappa shape index (κ2) is 10.1. The number of fused-ring (bicyclic) bond motifs is 1. The molecule has 1 aromatic heterocycles. The number of carbonyl (C=O) groups excluding carboxylic acids is 2. The van der Waals surface area contributed by atoms with Gasteiger partial charge < -0.3 is 24.5 Å². The van der Waals surface area contributed by atoms with E-state index in [0.717, 1.165) is 10.9 Å². The molecule has 170 valence electrons. The summed E-state index contributed by atoms with van der Waals surface area (Å²) in [5.74, 6) is 0.822. The number of nitrogens with one attached hydrogen (secondary N) is 1. The average molecular weight is 441 g/mol. The number of amides is 2. The molecule has 32 heavy (non-hydrogen) atoms. The number of hydrogen-bond acceptors (Lipinski definition) is 6. The summed E-state index contributed by atoms with van der Waals surface area (Å²) in [5.41, 5.74) is 1.27. The first-order chi connectivity index (χ1) is 15.4. The molecule has 9 nitrogen and oxygen atoms in total. The van der Waals surface area contributed by atoms with Crippen LogP contribution in [0.2, 0.25) is 0 Å². The van der Waals surface area contributed by atoms with Crippen LogP contribution in [0.3, 0.4) is 0 Å². The van der Waals surface area contributed by atoms with Gasteiger partial charge in [0.15, 0.2) is 11.5 Å². The van der Waals surface area contributed by atoms with Crippen LogP contribution in [0, 0.1) is 0 Å². The van der Waals surface area contributed by atoms with E-state index in [1.165, 1.54) is 6.92 Å². The van der Waals surface area contributed by atoms with Crippen molar-refractivity contribution in [3.05, 3.63) is 48.2 Å². The maximum absolute atomic E-state index is 11.6. The number of aromatic nitrogens is 1. The fourth-order valence-electron chi connectivity index (χ4n) is 3.74. The molecule has 0 radical (unpaired) electrons. The number of nitrogens with zero attached hydrogens (tertiary/aromatic N) is 2. The van der Waals surface area contributed by atoms with Crippen LogP contribution in [-0.4, -0.2) is 52.5 Å². The third-order valence-corrected chi connectivity index (χ3v) is 5.12. The van der Waals surface area contributed by atoms with Crippen molar-refractivity contribution in [1.29, 1.82) is 0 Å². The van der Waals surface area contributed by atoms with Gasteiger partial charge in [-0.1, -0.05) is 18.2 Å². The summed E-state index contributed by atoms with van der Waals surface area (Å²) in [7, 11) is 1.55. The predicted molar refractivity (Wildman–Crippen MR) is 119 cm³/mol. The second-order valence-electron chi connectivity index (χ2n) is 7.23. The van der Waals surface area contributed by atoms with Crippen molar-refractivity contribution < 1.29 is 29.4 Å². The molecule has 0 fully saturated rings. The SMILES string of the molecule is CCOc1cc(C(CCN(O)C=O)n2cc3cccc(NC(C)=O)c3c2O)ccc1OC. The zero-order chi connectivity index (χ0) is 23.3. The van der Waals surface area contributed by atoms with Crippen LogP contribution in [0.25, 0.3) is 10.8 Å². The van der Waals surface area contributed by atoms with Crippen molar-refractivity contribution in [2.75, 3.05) is 25.6 Å². The second-order valence-corrected chi connectivity index (χ2v) is 7.23. The Morgan fingerprint density at radius 2 is 2.06 bits per heavy atom. The minimum atomic E-state index is -0.452. The van der Waals surface area contributed by atoms with Crippen LogP contribution >= 0.6 is 0 Å². The van der Waals surface area contributed by atoms with Crippen molar-refractivity contribution in [3.8, 4) is 17.4 Å². The molecule has 1 unspecified atom stereocenters. The lowest BCUT2D eigenvalue weighted by molar-refractivity contribution is -0.150. The van der Waals surface area contributed by atoms with Crippen molar-refractivity contribution in [1.82, 2.24) is 9.63 Å². The summed E-state index contributed by atoms with van der Waals surface area (Å²) in [6.07, 6.45) is 2.41. The number of benzene rings is 2. The fourth-order valence-corrected chi connectivity index (χ4v) is 3.74. The van der Waals surface area contributed by atoms with E-state index in [0.29, 0.717) is 47.1 Å². The predicted octanol–water partition coefficient (Wildman–Crippen LogP) is 3.54. The zero-order valence-electron chi connectivity index (χ0n) is 18.2. The number of anilines is 1. The molecular weight excluding hydrogens is 414 g/mol. The summed E-state index contributed by atoms with van der Waals surface area (Å²) in [4.78, 5) is 22.5. The Bertz CT molecular complexity index is 1110. The Balaban J connectivity index is 2.13. The van der Waals surface area contributed by atoms with E-state index in [-0.39, 0.29) is 18.3 Å². The van der Waals surface area contributed by atoms with Crippen LogP contribution in [0.15, 0.2) is 42.6 Å². The molecule has 2 amide bonds. The van der Waals surface area contributed by atoms with Crippen molar-refractivity contribution in [2.24, 2.45) is 0 Å². The van der Waals surface area contributed by atoms with Crippen molar-refractivity contribution in [3.63, 3.8) is 0 Å². The molecule has 3 N–H and O–H groups in total. The molecule has 0 saturated carbocycles. The Kier molecular flexibility index (Phi) is 7.21. The number of carbonyl (C=O) groups is 2. The van der Waals surface area contributed by atoms with Gasteiger partial charge >= 0.3 is 0 Å². The molecule has 1 atom stereocenters. The van der Waals surface area contributed by atoms with Crippen LogP contribution in [0.4, 0.5) is 5.69 Å². The zero-order valence-corrected chi connectivity index (χ0v) is 18.2. The molecule has 3 rings (SSSR count). The van der Waals surface area contributed by atoms with E-state index in [1.54, 1.807) is 36.1 Å². The Morgan fingerprint density at radius 3 is 2.72 bits per heavy atom. The Hall–Kier alpha value is -3.72. The first-order valence-electron chi connectivity index (χ1n) is 10.2. The molecule has 0 aliphatic carbocycles. The fraction of sp³-hybridized carbons (Fsp3) is 0.304. The molecule has 2 aromatic carbocycles. The average Bonchev–Trinajstić information content (AvgIpc) is 3.11. The lowest BCUT2D eigenvalue weighted by atomic mass is 10.0. The van der Waals surface area contributed by atoms with Gasteiger partial charge in [-0.25, -0.2) is 5.06 Å². The van der Waals surface area contributed by atoms with Crippen LogP contribution < -0.4 is 14.8 Å². The monoisotopic (exact) mass is 441 g/mol. The first-order valence-corrected chi connectivity index (χ1v) is 10.2. The van der Waals surface area contributed by atoms with Gasteiger partial charge in [-0.2, -0.15) is 0 Å². The van der Waals surface area contributed by atoms with E-state index < -0.39 is 6.04 Å². The Morgan fingerprint density at radius 1 is 1.28 bits per heavy atom. The van der Waals surface area contributed by atoms with E-state index in [9.17, 15) is 19.9 Å². The highest BCUT2D eigenvalue weighted by molar-refractivity contribution is 6.04. The third kappa shape index (κ3) is 4.78. The topological polar surface area (TPSA) is 113 Å². The minimum Gasteiger partial charge on any atom is -0.494 e. The summed E-state index contributed by atoms with van der Waals surface area (Å²) in [6.45, 7) is 3.75. The number of methoxy groups -OCH3 is 1. The Labute approximate surface area is 185 Å². The highest BCUT2D eigenvalue weighted by Crippen LogP contribution is 2.40. The van der Waals surface area contributed by atoms with Gasteiger partial charge in [0.25, 0.3) is 0 Å². The standard InChI is InChI=1S/C23H27N3O6/c1-4-32-21-12-16(8-9-20(21)31-3)19(10-11-25(30)14-27)26-13-17-6-5-7-18(24-15(2)28)22(17)23(26)29/h5-9,12-14,19,29-30H,4,10-11H2,1-3H3,(H,24,28). The molecule has 0 aliphatic rings. The normalized spacial score (nSPS) is 11.8. The van der Waals surface area contributed by atoms with Gasteiger partial charge in [0, 0.05) is 18.5 Å². The molecule has 0 aliphatic heterocycles. The van der Waals surface area contributed by atoms with Gasteiger partial charge in [-0.3, -0.25) is 14.8 Å². The number of rotatable bonds is 10. The largest absolute Gasteiger partial charge is 0.494 e. The van der Waals surface area contributed by atoms with E-state index in [1.807, 2.05) is 25.1 Å². The van der Waals surface area contributed by atoms with Gasteiger partial charge in [-0.05, 0) is 37.1 Å². The molecule has 9 heteroatoms. The lowest BCUT2D eigenvalue weighted by Gasteiger charge is -2.23. The van der Waals surface area contributed by atoms with Crippen LogP contribution in [0.1, 0.15) is 31.9 Å². The quantitative estimate of drug-likeness (QED) is 0.252. The maximum Gasteiger partial charge on any atom is 0.233 e. The molecule has 0 spiro atoms. The summed E-state index contributed by atoms with van der Waals surface area (Å²) < 4.78 is 12.7. The van der Waals surface area contributed by atoms with Crippen LogP contribution in [-0.2, 0) is 9.59 Å². The summed E-state index contributed by atoms with van der Waals surface area (Å²) in [6, 6.07) is 10.3. The van der Waals surface area contributed by atoms with Gasteiger partial charge in [-0.15, -0.1) is 0 Å². The molecule has 0 saturated heterocycles. The number of hydroxylamine groups is 2. The van der Waals surface area contributed by atoms with Gasteiger partial charge in [0.05, 0.1) is 37.4 Å². The van der Waals surface area contributed by atoms with E-state index in [4.69, 9.17) is 9.47 Å². The highest BCUT2D eigenvalue weighted by atomic mass is 16.5. The number of ether oxygens (including phenoxy) is 2. The molecule has 0 bridgehead atoms. The first kappa shape index (κ1) is 23.0. The number of aromatic hydroxyl groups is 1. The summed E-state index contributed by atoms with van der Waals surface area (Å²) in [5, 5.41) is 25.3. The molecular formula is C23H27N3O6. The van der Waals surface area contributed by atoms with E-state index in [2.05, 4.69) is 5.32 Å².